The number of rotatable bonds is 0. The first-order chi connectivity index (χ1) is 15.5. The Bertz CT molecular complexity index is 838. The molecule has 1 aliphatic heterocycles. The lowest BCUT2D eigenvalue weighted by molar-refractivity contribution is -0.212. The highest BCUT2D eigenvalue weighted by molar-refractivity contribution is 9.10. The summed E-state index contributed by atoms with van der Waals surface area (Å²) in [7, 11) is 0. The molecule has 1 spiro atoms. The zero-order valence-electron chi connectivity index (χ0n) is 20.9. The molecule has 186 valence electrons. The highest BCUT2D eigenvalue weighted by Crippen LogP contribution is 2.72. The molecular weight excluding hydrogens is 480 g/mol. The van der Waals surface area contributed by atoms with Gasteiger partial charge in [-0.15, -0.1) is 0 Å². The molecule has 2 N–H and O–H groups in total. The van der Waals surface area contributed by atoms with E-state index in [1.54, 1.807) is 0 Å². The minimum absolute atomic E-state index is 0.0713. The molecule has 4 nitrogen and oxygen atoms in total. The average molecular weight is 524 g/mol. The van der Waals surface area contributed by atoms with Crippen LogP contribution < -0.4 is 0 Å². The third-order valence-corrected chi connectivity index (χ3v) is 13.6. The van der Waals surface area contributed by atoms with Gasteiger partial charge in [0.2, 0.25) is 0 Å². The van der Waals surface area contributed by atoms with Crippen molar-refractivity contribution in [3.05, 3.63) is 0 Å². The topological polar surface area (TPSA) is 66.8 Å². The van der Waals surface area contributed by atoms with Crippen LogP contribution in [-0.2, 0) is 9.53 Å². The SMILES string of the molecule is CC1CCC2(CC1)OC1CC3C4C(CCC3(C)C1[C@@H]2C)C1(C)CCC(O)C[C@]1(O)C(=O)[C@H]4Br. The predicted octanol–water partition coefficient (Wildman–Crippen LogP) is 5.27. The molecule has 0 bridgehead atoms. The first-order valence-corrected chi connectivity index (χ1v) is 14.6. The summed E-state index contributed by atoms with van der Waals surface area (Å²) >= 11 is 3.84. The maximum absolute atomic E-state index is 13.7. The van der Waals surface area contributed by atoms with Crippen molar-refractivity contribution >= 4 is 21.7 Å². The second-order valence-electron chi connectivity index (χ2n) is 13.7. The number of aliphatic hydroxyl groups excluding tert-OH is 1. The number of ether oxygens (including phenoxy) is 1. The van der Waals surface area contributed by atoms with E-state index in [4.69, 9.17) is 4.74 Å². The van der Waals surface area contributed by atoms with E-state index in [9.17, 15) is 15.0 Å². The van der Waals surface area contributed by atoms with Crippen LogP contribution in [0.5, 0.6) is 0 Å². The maximum atomic E-state index is 13.7. The maximum Gasteiger partial charge on any atom is 0.178 e. The highest BCUT2D eigenvalue weighted by Gasteiger charge is 2.73. The second-order valence-corrected chi connectivity index (χ2v) is 14.7. The Morgan fingerprint density at radius 1 is 1.00 bits per heavy atom. The van der Waals surface area contributed by atoms with Crippen LogP contribution >= 0.6 is 15.9 Å². The van der Waals surface area contributed by atoms with Crippen LogP contribution in [0, 0.1) is 46.3 Å². The van der Waals surface area contributed by atoms with E-state index in [-0.39, 0.29) is 34.0 Å². The molecule has 6 fully saturated rings. The summed E-state index contributed by atoms with van der Waals surface area (Å²) in [4.78, 5) is 13.4. The minimum atomic E-state index is -1.41. The fraction of sp³-hybridized carbons (Fsp3) is 0.964. The second kappa shape index (κ2) is 7.29. The molecule has 0 amide bonds. The van der Waals surface area contributed by atoms with Crippen molar-refractivity contribution < 1.29 is 19.7 Å². The van der Waals surface area contributed by atoms with Gasteiger partial charge in [-0.2, -0.15) is 0 Å². The van der Waals surface area contributed by atoms with Crippen LogP contribution in [-0.4, -0.2) is 44.2 Å². The van der Waals surface area contributed by atoms with Gasteiger partial charge in [-0.1, -0.05) is 43.6 Å². The van der Waals surface area contributed by atoms with E-state index >= 15 is 0 Å². The molecule has 8 unspecified atom stereocenters. The van der Waals surface area contributed by atoms with Gasteiger partial charge in [0.15, 0.2) is 5.78 Å². The van der Waals surface area contributed by atoms with Crippen molar-refractivity contribution in [3.8, 4) is 0 Å². The van der Waals surface area contributed by atoms with Gasteiger partial charge in [-0.05, 0) is 98.7 Å². The molecule has 0 aromatic heterocycles. The summed E-state index contributed by atoms with van der Waals surface area (Å²) in [6.45, 7) is 9.53. The van der Waals surface area contributed by atoms with Crippen molar-refractivity contribution in [2.24, 2.45) is 46.3 Å². The van der Waals surface area contributed by atoms with Gasteiger partial charge < -0.3 is 14.9 Å². The molecule has 5 saturated carbocycles. The fourth-order valence-electron chi connectivity index (χ4n) is 10.6. The van der Waals surface area contributed by atoms with E-state index in [1.165, 1.54) is 32.1 Å². The molecule has 1 heterocycles. The van der Waals surface area contributed by atoms with Crippen molar-refractivity contribution in [2.75, 3.05) is 0 Å². The number of hydrogen-bond acceptors (Lipinski definition) is 4. The third kappa shape index (κ3) is 2.83. The molecule has 1 saturated heterocycles. The first kappa shape index (κ1) is 23.4. The summed E-state index contributed by atoms with van der Waals surface area (Å²) in [5.74, 6) is 2.92. The first-order valence-electron chi connectivity index (χ1n) is 13.7. The van der Waals surface area contributed by atoms with Crippen LogP contribution in [0.15, 0.2) is 0 Å². The van der Waals surface area contributed by atoms with E-state index in [0.29, 0.717) is 36.2 Å². The zero-order valence-corrected chi connectivity index (χ0v) is 22.4. The molecule has 6 rings (SSSR count). The smallest absolute Gasteiger partial charge is 0.178 e. The van der Waals surface area contributed by atoms with Gasteiger partial charge in [0.05, 0.1) is 22.6 Å². The number of hydrogen-bond donors (Lipinski definition) is 2. The summed E-state index contributed by atoms with van der Waals surface area (Å²) in [5.41, 5.74) is -1.57. The van der Waals surface area contributed by atoms with Gasteiger partial charge in [0, 0.05) is 11.8 Å². The standard InChI is InChI=1S/C28H43BrO4/c1-15-5-11-27(12-6-15)16(2)22-20(33-27)13-19-21-18(8-9-25(19,22)3)26(4)10-7-17(30)14-28(26,32)24(31)23(21)29/h15-23,30,32H,5-14H2,1-4H3/t15?,16-,17?,18?,19?,20?,21?,22?,23-,25?,26?,27?,28-/m0/s1. The Balaban J connectivity index is 1.33. The van der Waals surface area contributed by atoms with Gasteiger partial charge in [-0.25, -0.2) is 0 Å². The van der Waals surface area contributed by atoms with Gasteiger partial charge >= 0.3 is 0 Å². The average Bonchev–Trinajstić information content (AvgIpc) is 3.21. The molecule has 5 heteroatoms. The molecule has 0 aromatic carbocycles. The molecule has 6 aliphatic rings. The Labute approximate surface area is 207 Å². The largest absolute Gasteiger partial charge is 0.393 e. The molecule has 11 atom stereocenters. The number of carbonyl (C=O) groups excluding carboxylic acids is 1. The summed E-state index contributed by atoms with van der Waals surface area (Å²) in [6, 6.07) is 0. The monoisotopic (exact) mass is 522 g/mol. The minimum Gasteiger partial charge on any atom is -0.393 e. The summed E-state index contributed by atoms with van der Waals surface area (Å²) in [5, 5.41) is 22.1. The van der Waals surface area contributed by atoms with Crippen LogP contribution in [0.1, 0.15) is 91.9 Å². The van der Waals surface area contributed by atoms with Crippen molar-refractivity contribution in [3.63, 3.8) is 0 Å². The Kier molecular flexibility index (Phi) is 5.18. The lowest BCUT2D eigenvalue weighted by Crippen LogP contribution is -2.70. The molecule has 0 radical (unpaired) electrons. The summed E-state index contributed by atoms with van der Waals surface area (Å²) < 4.78 is 7.06. The lowest BCUT2D eigenvalue weighted by atomic mass is 9.42. The van der Waals surface area contributed by atoms with Crippen LogP contribution in [0.4, 0.5) is 0 Å². The molecule has 33 heavy (non-hydrogen) atoms. The van der Waals surface area contributed by atoms with E-state index in [0.717, 1.165) is 25.2 Å². The van der Waals surface area contributed by atoms with Gasteiger partial charge in [-0.3, -0.25) is 4.79 Å². The van der Waals surface area contributed by atoms with Gasteiger partial charge in [0.1, 0.15) is 5.60 Å². The number of fused-ring (bicyclic) bond motifs is 7. The normalized spacial score (nSPS) is 62.5. The highest BCUT2D eigenvalue weighted by atomic mass is 79.9. The number of aliphatic hydroxyl groups is 2. The van der Waals surface area contributed by atoms with Crippen LogP contribution in [0.2, 0.25) is 0 Å². The van der Waals surface area contributed by atoms with Crippen LogP contribution in [0.3, 0.4) is 0 Å². The quantitative estimate of drug-likeness (QED) is 0.425. The number of halogens is 1. The Hall–Kier alpha value is 0.0300. The van der Waals surface area contributed by atoms with Crippen molar-refractivity contribution in [1.82, 2.24) is 0 Å². The van der Waals surface area contributed by atoms with E-state index < -0.39 is 17.1 Å². The Morgan fingerprint density at radius 3 is 2.39 bits per heavy atom. The Morgan fingerprint density at radius 2 is 1.70 bits per heavy atom. The number of carbonyl (C=O) groups is 1. The summed E-state index contributed by atoms with van der Waals surface area (Å²) in [6.07, 6.45) is 9.67. The van der Waals surface area contributed by atoms with Gasteiger partial charge in [0.25, 0.3) is 0 Å². The van der Waals surface area contributed by atoms with E-state index in [1.807, 2.05) is 0 Å². The number of ketones is 1. The lowest BCUT2D eigenvalue weighted by Gasteiger charge is -2.64. The predicted molar refractivity (Wildman–Crippen MR) is 131 cm³/mol. The number of alkyl halides is 1. The van der Waals surface area contributed by atoms with Crippen molar-refractivity contribution in [1.29, 1.82) is 0 Å². The molecule has 0 aromatic rings. The molecule has 5 aliphatic carbocycles. The fourth-order valence-corrected chi connectivity index (χ4v) is 11.7. The van der Waals surface area contributed by atoms with Crippen LogP contribution in [0.25, 0.3) is 0 Å². The number of Topliss-reactive ketones (excluding diaryl/α,β-unsaturated/α-hetero) is 1. The third-order valence-electron chi connectivity index (χ3n) is 12.6. The zero-order chi connectivity index (χ0) is 23.6. The van der Waals surface area contributed by atoms with E-state index in [2.05, 4.69) is 43.6 Å². The van der Waals surface area contributed by atoms with Crippen molar-refractivity contribution in [2.45, 2.75) is 120 Å². The molecular formula is C28H43BrO4.